The average Bonchev–Trinajstić information content (AvgIpc) is 3.13. The maximum absolute atomic E-state index is 12.9. The zero-order chi connectivity index (χ0) is 20.4. The van der Waals surface area contributed by atoms with Gasteiger partial charge in [0.15, 0.2) is 9.84 Å². The van der Waals surface area contributed by atoms with Crippen LogP contribution in [0.15, 0.2) is 41.1 Å². The molecule has 1 atom stereocenters. The van der Waals surface area contributed by atoms with E-state index < -0.39 is 20.1 Å². The van der Waals surface area contributed by atoms with Gasteiger partial charge in [0, 0.05) is 15.3 Å². The maximum Gasteiger partial charge on any atom is 0.247 e. The smallest absolute Gasteiger partial charge is 0.247 e. The van der Waals surface area contributed by atoms with Gasteiger partial charge in [0.1, 0.15) is 10.6 Å². The third-order valence-electron chi connectivity index (χ3n) is 5.58. The number of nitrogens with zero attached hydrogens (tertiary/aromatic N) is 2. The molecule has 2 aliphatic rings. The molecule has 2 N–H and O–H groups in total. The predicted molar refractivity (Wildman–Crippen MR) is 112 cm³/mol. The lowest BCUT2D eigenvalue weighted by Gasteiger charge is -2.39. The molecule has 0 amide bonds. The van der Waals surface area contributed by atoms with Crippen LogP contribution in [0.3, 0.4) is 0 Å². The van der Waals surface area contributed by atoms with Gasteiger partial charge in [0.05, 0.1) is 16.3 Å². The number of hydrogen-bond donors (Lipinski definition) is 2. The topological polar surface area (TPSA) is 109 Å². The van der Waals surface area contributed by atoms with Gasteiger partial charge < -0.3 is 9.73 Å². The van der Waals surface area contributed by atoms with Crippen molar-refractivity contribution >= 4 is 38.6 Å². The molecule has 29 heavy (non-hydrogen) atoms. The van der Waals surface area contributed by atoms with Crippen LogP contribution < -0.4 is 5.32 Å². The van der Waals surface area contributed by atoms with Gasteiger partial charge in [0.2, 0.25) is 12.3 Å². The number of thiophene rings is 1. The number of aromatic nitrogens is 2. The van der Waals surface area contributed by atoms with E-state index in [0.717, 1.165) is 16.0 Å². The summed E-state index contributed by atoms with van der Waals surface area (Å²) in [6.45, 7) is 1.80. The van der Waals surface area contributed by atoms with Crippen LogP contribution in [-0.2, 0) is 15.4 Å². The summed E-state index contributed by atoms with van der Waals surface area (Å²) in [7, 11) is -3.43. The Morgan fingerprint density at radius 1 is 1.28 bits per heavy atom. The van der Waals surface area contributed by atoms with Gasteiger partial charge in [-0.05, 0) is 43.5 Å². The normalized spacial score (nSPS) is 24.4. The molecule has 2 aromatic heterocycles. The van der Waals surface area contributed by atoms with E-state index in [2.05, 4.69) is 15.5 Å². The summed E-state index contributed by atoms with van der Waals surface area (Å²) in [6.07, 6.45) is 2.31. The SMILES string of the molecule is C[C@@]1(c2sc(-c3cccc(-c4nnco4)c3)cc2Cl)CS(=O)(=O)C2(CC2)C(=N)N1. The summed E-state index contributed by atoms with van der Waals surface area (Å²) in [5.41, 5.74) is 0.761. The van der Waals surface area contributed by atoms with Crippen molar-refractivity contribution in [2.24, 2.45) is 0 Å². The Morgan fingerprint density at radius 2 is 2.03 bits per heavy atom. The summed E-state index contributed by atoms with van der Waals surface area (Å²) in [6, 6.07) is 9.47. The minimum absolute atomic E-state index is 0.0793. The van der Waals surface area contributed by atoms with E-state index in [4.69, 9.17) is 21.4 Å². The fraction of sp³-hybridized carbons (Fsp3) is 0.316. The first-order chi connectivity index (χ1) is 13.7. The molecule has 150 valence electrons. The van der Waals surface area contributed by atoms with Gasteiger partial charge in [-0.1, -0.05) is 23.7 Å². The molecule has 1 spiro atoms. The van der Waals surface area contributed by atoms with Crippen LogP contribution in [0.25, 0.3) is 21.9 Å². The standard InChI is InChI=1S/C19H17ClN4O3S2/c1-18(9-29(25,26)19(5-6-19)17(21)23-18)15-13(20)8-14(28-15)11-3-2-4-12(7-11)16-24-22-10-27-16/h2-4,7-8,10H,5-6,9H2,1H3,(H2,21,23)/t18-/m0/s1. The van der Waals surface area contributed by atoms with E-state index in [-0.39, 0.29) is 11.6 Å². The Labute approximate surface area is 176 Å². The zero-order valence-corrected chi connectivity index (χ0v) is 17.8. The third kappa shape index (κ3) is 2.83. The molecule has 1 saturated heterocycles. The highest BCUT2D eigenvalue weighted by atomic mass is 35.5. The molecule has 7 nitrogen and oxygen atoms in total. The highest BCUT2D eigenvalue weighted by Crippen LogP contribution is 2.51. The van der Waals surface area contributed by atoms with Crippen LogP contribution in [0.1, 0.15) is 24.6 Å². The van der Waals surface area contributed by atoms with Gasteiger partial charge in [-0.3, -0.25) is 5.41 Å². The first kappa shape index (κ1) is 18.8. The van der Waals surface area contributed by atoms with Gasteiger partial charge in [-0.15, -0.1) is 21.5 Å². The fourth-order valence-electron chi connectivity index (χ4n) is 3.89. The number of halogens is 1. The molecule has 10 heteroatoms. The molecular weight excluding hydrogens is 432 g/mol. The van der Waals surface area contributed by atoms with E-state index >= 15 is 0 Å². The highest BCUT2D eigenvalue weighted by Gasteiger charge is 2.63. The highest BCUT2D eigenvalue weighted by molar-refractivity contribution is 7.94. The Balaban J connectivity index is 1.53. The van der Waals surface area contributed by atoms with Crippen LogP contribution in [0, 0.1) is 5.41 Å². The summed E-state index contributed by atoms with van der Waals surface area (Å²) >= 11 is 7.97. The van der Waals surface area contributed by atoms with Crippen LogP contribution >= 0.6 is 22.9 Å². The Bertz CT molecular complexity index is 1230. The van der Waals surface area contributed by atoms with Crippen molar-refractivity contribution in [2.75, 3.05) is 5.75 Å². The van der Waals surface area contributed by atoms with E-state index in [0.29, 0.717) is 28.6 Å². The van der Waals surface area contributed by atoms with E-state index in [1.165, 1.54) is 17.7 Å². The zero-order valence-electron chi connectivity index (χ0n) is 15.4. The Kier molecular flexibility index (Phi) is 3.97. The van der Waals surface area contributed by atoms with Crippen molar-refractivity contribution in [1.82, 2.24) is 15.5 Å². The predicted octanol–water partition coefficient (Wildman–Crippen LogP) is 3.86. The number of benzene rings is 1. The molecule has 5 rings (SSSR count). The fourth-order valence-corrected chi connectivity index (χ4v) is 7.96. The Morgan fingerprint density at radius 3 is 2.69 bits per heavy atom. The molecule has 3 aromatic rings. The maximum atomic E-state index is 12.9. The average molecular weight is 449 g/mol. The van der Waals surface area contributed by atoms with Crippen LogP contribution in [0.2, 0.25) is 5.02 Å². The molecule has 1 aromatic carbocycles. The van der Waals surface area contributed by atoms with E-state index in [1.54, 1.807) is 6.92 Å². The largest absolute Gasteiger partial charge is 0.423 e. The number of hydrogen-bond acceptors (Lipinski definition) is 7. The molecule has 1 aliphatic carbocycles. The molecule has 2 fully saturated rings. The van der Waals surface area contributed by atoms with Crippen LogP contribution in [0.4, 0.5) is 0 Å². The molecule has 1 aliphatic heterocycles. The van der Waals surface area contributed by atoms with E-state index in [9.17, 15) is 8.42 Å². The van der Waals surface area contributed by atoms with E-state index in [1.807, 2.05) is 30.3 Å². The van der Waals surface area contributed by atoms with Crippen LogP contribution in [-0.4, -0.2) is 35.0 Å². The second-order valence-corrected chi connectivity index (χ2v) is 11.5. The van der Waals surface area contributed by atoms with Crippen molar-refractivity contribution in [2.45, 2.75) is 30.1 Å². The molecule has 0 radical (unpaired) electrons. The first-order valence-corrected chi connectivity index (χ1v) is 11.9. The molecule has 0 unspecified atom stereocenters. The monoisotopic (exact) mass is 448 g/mol. The van der Waals surface area contributed by atoms with Gasteiger partial charge in [-0.2, -0.15) is 0 Å². The van der Waals surface area contributed by atoms with Crippen molar-refractivity contribution in [1.29, 1.82) is 5.41 Å². The van der Waals surface area contributed by atoms with Crippen molar-refractivity contribution < 1.29 is 12.8 Å². The molecular formula is C19H17ClN4O3S2. The number of rotatable bonds is 3. The van der Waals surface area contributed by atoms with Gasteiger partial charge in [0.25, 0.3) is 0 Å². The second-order valence-electron chi connectivity index (χ2n) is 7.70. The summed E-state index contributed by atoms with van der Waals surface area (Å²) in [5, 5.41) is 19.6. The molecule has 1 saturated carbocycles. The summed E-state index contributed by atoms with van der Waals surface area (Å²) in [4.78, 5) is 1.60. The lowest BCUT2D eigenvalue weighted by atomic mass is 10.0. The summed E-state index contributed by atoms with van der Waals surface area (Å²) in [5.74, 6) is 0.421. The lowest BCUT2D eigenvalue weighted by Crippen LogP contribution is -2.60. The number of sulfone groups is 1. The minimum Gasteiger partial charge on any atom is -0.423 e. The minimum atomic E-state index is -3.43. The summed E-state index contributed by atoms with van der Waals surface area (Å²) < 4.78 is 30.0. The number of amidine groups is 1. The Hall–Kier alpha value is -2.23. The third-order valence-corrected chi connectivity index (χ3v) is 10.2. The second kappa shape index (κ2) is 6.13. The molecule has 3 heterocycles. The van der Waals surface area contributed by atoms with Crippen molar-refractivity contribution in [3.05, 3.63) is 46.6 Å². The van der Waals surface area contributed by atoms with Crippen LogP contribution in [0.5, 0.6) is 0 Å². The lowest BCUT2D eigenvalue weighted by molar-refractivity contribution is 0.462. The molecule has 0 bridgehead atoms. The van der Waals surface area contributed by atoms with Crippen molar-refractivity contribution in [3.8, 4) is 21.9 Å². The van der Waals surface area contributed by atoms with Gasteiger partial charge >= 0.3 is 0 Å². The first-order valence-electron chi connectivity index (χ1n) is 9.00. The number of nitrogens with one attached hydrogen (secondary N) is 2. The van der Waals surface area contributed by atoms with Crippen molar-refractivity contribution in [3.63, 3.8) is 0 Å². The quantitative estimate of drug-likeness (QED) is 0.629. The van der Waals surface area contributed by atoms with Gasteiger partial charge in [-0.25, -0.2) is 8.42 Å².